The van der Waals surface area contributed by atoms with Crippen LogP contribution in [-0.2, 0) is 25.9 Å². The molecule has 1 aliphatic heterocycles. The zero-order chi connectivity index (χ0) is 17.6. The zero-order valence-corrected chi connectivity index (χ0v) is 15.3. The minimum absolute atomic E-state index is 0.196. The molecule has 3 nitrogen and oxygen atoms in total. The lowest BCUT2D eigenvalue weighted by atomic mass is 10.0. The summed E-state index contributed by atoms with van der Waals surface area (Å²) in [6.45, 7) is 4.51. The van der Waals surface area contributed by atoms with Crippen molar-refractivity contribution < 1.29 is 4.39 Å². The molecule has 5 heteroatoms. The lowest BCUT2D eigenvalue weighted by molar-refractivity contribution is 0.309. The SMILES string of the molecule is Cc1ccc(CCn2c3c(c4c(Cl)ccc(F)c42)CN(C)CC3)cn1. The van der Waals surface area contributed by atoms with Crippen LogP contribution >= 0.6 is 11.6 Å². The van der Waals surface area contributed by atoms with E-state index in [4.69, 9.17) is 11.6 Å². The van der Waals surface area contributed by atoms with Crippen LogP contribution in [0.1, 0.15) is 22.5 Å². The van der Waals surface area contributed by atoms with Gasteiger partial charge in [0.25, 0.3) is 0 Å². The second-order valence-electron chi connectivity index (χ2n) is 6.88. The van der Waals surface area contributed by atoms with Crippen LogP contribution in [0.5, 0.6) is 0 Å². The Kier molecular flexibility index (Phi) is 4.26. The van der Waals surface area contributed by atoms with Gasteiger partial charge in [-0.1, -0.05) is 17.7 Å². The third-order valence-corrected chi connectivity index (χ3v) is 5.39. The number of aromatic nitrogens is 2. The van der Waals surface area contributed by atoms with E-state index in [-0.39, 0.29) is 5.82 Å². The molecule has 0 atom stereocenters. The van der Waals surface area contributed by atoms with E-state index in [2.05, 4.69) is 27.6 Å². The number of aryl methyl sites for hydroxylation is 3. The fourth-order valence-electron chi connectivity index (χ4n) is 3.77. The predicted molar refractivity (Wildman–Crippen MR) is 99.6 cm³/mol. The summed E-state index contributed by atoms with van der Waals surface area (Å²) in [5.74, 6) is -0.196. The van der Waals surface area contributed by atoms with Gasteiger partial charge in [-0.05, 0) is 49.7 Å². The molecule has 2 aromatic heterocycles. The Morgan fingerprint density at radius 2 is 2.08 bits per heavy atom. The first-order valence-corrected chi connectivity index (χ1v) is 9.00. The van der Waals surface area contributed by atoms with E-state index in [1.54, 1.807) is 6.07 Å². The minimum atomic E-state index is -0.196. The summed E-state index contributed by atoms with van der Waals surface area (Å²) >= 11 is 6.45. The minimum Gasteiger partial charge on any atom is -0.341 e. The number of pyridine rings is 1. The number of likely N-dealkylation sites (N-methyl/N-ethyl adjacent to an activating group) is 1. The first kappa shape index (κ1) is 16.6. The third-order valence-electron chi connectivity index (χ3n) is 5.08. The summed E-state index contributed by atoms with van der Waals surface area (Å²) in [6, 6.07) is 7.26. The van der Waals surface area contributed by atoms with Crippen LogP contribution in [0.3, 0.4) is 0 Å². The summed E-state index contributed by atoms with van der Waals surface area (Å²) in [7, 11) is 2.09. The maximum Gasteiger partial charge on any atom is 0.147 e. The van der Waals surface area contributed by atoms with Crippen LogP contribution in [-0.4, -0.2) is 28.0 Å². The Balaban J connectivity index is 1.80. The Labute approximate surface area is 152 Å². The molecule has 3 heterocycles. The molecule has 0 fully saturated rings. The average molecular weight is 358 g/mol. The molecule has 0 aliphatic carbocycles. The van der Waals surface area contributed by atoms with Crippen molar-refractivity contribution in [3.8, 4) is 0 Å². The van der Waals surface area contributed by atoms with Gasteiger partial charge in [0.2, 0.25) is 0 Å². The molecular weight excluding hydrogens is 337 g/mol. The van der Waals surface area contributed by atoms with Crippen molar-refractivity contribution in [1.29, 1.82) is 0 Å². The molecule has 0 saturated heterocycles. The van der Waals surface area contributed by atoms with Gasteiger partial charge < -0.3 is 9.47 Å². The van der Waals surface area contributed by atoms with E-state index < -0.39 is 0 Å². The molecule has 25 heavy (non-hydrogen) atoms. The Morgan fingerprint density at radius 1 is 1.24 bits per heavy atom. The van der Waals surface area contributed by atoms with Crippen molar-refractivity contribution in [3.05, 3.63) is 63.8 Å². The monoisotopic (exact) mass is 357 g/mol. The summed E-state index contributed by atoms with van der Waals surface area (Å²) in [4.78, 5) is 6.62. The molecule has 0 radical (unpaired) electrons. The lowest BCUT2D eigenvalue weighted by Gasteiger charge is -2.24. The van der Waals surface area contributed by atoms with Gasteiger partial charge >= 0.3 is 0 Å². The normalized spacial score (nSPS) is 14.9. The topological polar surface area (TPSA) is 21.1 Å². The fraction of sp³-hybridized carbons (Fsp3) is 0.350. The average Bonchev–Trinajstić information content (AvgIpc) is 2.92. The molecule has 0 amide bonds. The highest BCUT2D eigenvalue weighted by atomic mass is 35.5. The molecule has 0 saturated carbocycles. The highest BCUT2D eigenvalue weighted by molar-refractivity contribution is 6.35. The smallest absolute Gasteiger partial charge is 0.147 e. The first-order valence-electron chi connectivity index (χ1n) is 8.62. The van der Waals surface area contributed by atoms with Gasteiger partial charge in [-0.2, -0.15) is 0 Å². The van der Waals surface area contributed by atoms with Crippen LogP contribution in [0.25, 0.3) is 10.9 Å². The largest absolute Gasteiger partial charge is 0.341 e. The van der Waals surface area contributed by atoms with Crippen LogP contribution in [0.2, 0.25) is 5.02 Å². The van der Waals surface area contributed by atoms with Crippen molar-refractivity contribution in [1.82, 2.24) is 14.5 Å². The highest BCUT2D eigenvalue weighted by Gasteiger charge is 2.25. The number of nitrogens with zero attached hydrogens (tertiary/aromatic N) is 3. The van der Waals surface area contributed by atoms with Gasteiger partial charge in [0.05, 0.1) is 10.5 Å². The third kappa shape index (κ3) is 2.94. The Hall–Kier alpha value is -1.91. The summed E-state index contributed by atoms with van der Waals surface area (Å²) < 4.78 is 16.8. The molecule has 130 valence electrons. The molecule has 0 bridgehead atoms. The van der Waals surface area contributed by atoms with Crippen molar-refractivity contribution in [3.63, 3.8) is 0 Å². The van der Waals surface area contributed by atoms with Crippen LogP contribution in [0, 0.1) is 12.7 Å². The van der Waals surface area contributed by atoms with Crippen LogP contribution < -0.4 is 0 Å². The van der Waals surface area contributed by atoms with Gasteiger partial charge in [-0.25, -0.2) is 4.39 Å². The molecule has 3 aromatic rings. The number of rotatable bonds is 3. The molecule has 4 rings (SSSR count). The van der Waals surface area contributed by atoms with E-state index in [0.29, 0.717) is 10.5 Å². The quantitative estimate of drug-likeness (QED) is 0.694. The molecule has 1 aromatic carbocycles. The van der Waals surface area contributed by atoms with Crippen molar-refractivity contribution in [2.75, 3.05) is 13.6 Å². The van der Waals surface area contributed by atoms with E-state index in [1.807, 2.05) is 19.2 Å². The van der Waals surface area contributed by atoms with E-state index in [1.165, 1.54) is 17.3 Å². The fourth-order valence-corrected chi connectivity index (χ4v) is 4.04. The van der Waals surface area contributed by atoms with Crippen molar-refractivity contribution in [2.24, 2.45) is 0 Å². The highest BCUT2D eigenvalue weighted by Crippen LogP contribution is 2.36. The predicted octanol–water partition coefficient (Wildman–Crippen LogP) is 4.37. The van der Waals surface area contributed by atoms with Crippen molar-refractivity contribution >= 4 is 22.5 Å². The number of benzene rings is 1. The van der Waals surface area contributed by atoms with E-state index in [9.17, 15) is 4.39 Å². The summed E-state index contributed by atoms with van der Waals surface area (Å²) in [5, 5.41) is 1.52. The van der Waals surface area contributed by atoms with Crippen LogP contribution in [0.4, 0.5) is 4.39 Å². The Bertz CT molecular complexity index is 931. The number of fused-ring (bicyclic) bond motifs is 3. The van der Waals surface area contributed by atoms with Gasteiger partial charge in [-0.3, -0.25) is 4.98 Å². The summed E-state index contributed by atoms with van der Waals surface area (Å²) in [5.41, 5.74) is 5.22. The summed E-state index contributed by atoms with van der Waals surface area (Å²) in [6.07, 6.45) is 3.65. The molecule has 0 N–H and O–H groups in total. The molecular formula is C20H21ClFN3. The van der Waals surface area contributed by atoms with E-state index >= 15 is 0 Å². The zero-order valence-electron chi connectivity index (χ0n) is 14.5. The first-order chi connectivity index (χ1) is 12.0. The van der Waals surface area contributed by atoms with Gasteiger partial charge in [0.1, 0.15) is 5.82 Å². The van der Waals surface area contributed by atoms with Crippen molar-refractivity contribution in [2.45, 2.75) is 32.9 Å². The number of halogens is 2. The van der Waals surface area contributed by atoms with E-state index in [0.717, 1.165) is 49.1 Å². The molecule has 0 spiro atoms. The molecule has 1 aliphatic rings. The lowest BCUT2D eigenvalue weighted by Crippen LogP contribution is -2.27. The standard InChI is InChI=1S/C20H21ClFN3/c1-13-3-4-14(11-23-13)7-10-25-18-8-9-24(2)12-15(18)19-16(21)5-6-17(22)20(19)25/h3-6,11H,7-10,12H2,1-2H3. The maximum atomic E-state index is 14.7. The molecule has 0 unspecified atom stereocenters. The van der Waals surface area contributed by atoms with Gasteiger partial charge in [0.15, 0.2) is 0 Å². The number of hydrogen-bond donors (Lipinski definition) is 0. The van der Waals surface area contributed by atoms with Gasteiger partial charge in [-0.15, -0.1) is 0 Å². The van der Waals surface area contributed by atoms with Crippen LogP contribution in [0.15, 0.2) is 30.5 Å². The van der Waals surface area contributed by atoms with Gasteiger partial charge in [0, 0.05) is 49.0 Å². The maximum absolute atomic E-state index is 14.7. The second kappa shape index (κ2) is 6.43. The Morgan fingerprint density at radius 3 is 2.84 bits per heavy atom. The number of hydrogen-bond acceptors (Lipinski definition) is 2. The second-order valence-corrected chi connectivity index (χ2v) is 7.28.